The highest BCUT2D eigenvalue weighted by Gasteiger charge is 2.04. The molecule has 0 spiro atoms. The summed E-state index contributed by atoms with van der Waals surface area (Å²) >= 11 is 5.72. The van der Waals surface area contributed by atoms with Gasteiger partial charge in [-0.2, -0.15) is 0 Å². The monoisotopic (exact) mass is 273 g/mol. The summed E-state index contributed by atoms with van der Waals surface area (Å²) in [5.74, 6) is 0.474. The highest BCUT2D eigenvalue weighted by molar-refractivity contribution is 6.17. The zero-order chi connectivity index (χ0) is 13.7. The van der Waals surface area contributed by atoms with E-state index in [4.69, 9.17) is 11.6 Å². The second-order valence-electron chi connectivity index (χ2n) is 4.54. The summed E-state index contributed by atoms with van der Waals surface area (Å²) in [6.07, 6.45) is 0.388. The first kappa shape index (κ1) is 13.6. The lowest BCUT2D eigenvalue weighted by Crippen LogP contribution is -2.14. The van der Waals surface area contributed by atoms with Gasteiger partial charge in [0, 0.05) is 11.6 Å². The standard InChI is InChI=1S/C16H16ClNO/c1-12-3-2-4-14(9-12)10-16(19)18-15-7-5-13(11-17)6-8-15/h2-9H,10-11H2,1H3,(H,18,19). The molecule has 0 bridgehead atoms. The van der Waals surface area contributed by atoms with Crippen LogP contribution >= 0.6 is 11.6 Å². The van der Waals surface area contributed by atoms with Gasteiger partial charge in [-0.05, 0) is 30.2 Å². The number of amides is 1. The van der Waals surface area contributed by atoms with Crippen molar-refractivity contribution in [3.63, 3.8) is 0 Å². The van der Waals surface area contributed by atoms with Crippen LogP contribution in [0.4, 0.5) is 5.69 Å². The van der Waals surface area contributed by atoms with Gasteiger partial charge in [-0.25, -0.2) is 0 Å². The van der Waals surface area contributed by atoms with Crippen molar-refractivity contribution in [3.05, 3.63) is 65.2 Å². The minimum atomic E-state index is -0.00998. The smallest absolute Gasteiger partial charge is 0.228 e. The highest BCUT2D eigenvalue weighted by atomic mass is 35.5. The Morgan fingerprint density at radius 3 is 2.47 bits per heavy atom. The zero-order valence-corrected chi connectivity index (χ0v) is 11.6. The number of carbonyl (C=O) groups is 1. The molecule has 0 fully saturated rings. The van der Waals surface area contributed by atoms with Crippen molar-refractivity contribution >= 4 is 23.2 Å². The molecule has 0 saturated carbocycles. The Hall–Kier alpha value is -1.80. The number of alkyl halides is 1. The topological polar surface area (TPSA) is 29.1 Å². The summed E-state index contributed by atoms with van der Waals surface area (Å²) in [4.78, 5) is 11.9. The molecule has 0 saturated heterocycles. The van der Waals surface area contributed by atoms with E-state index in [0.29, 0.717) is 12.3 Å². The van der Waals surface area contributed by atoms with Crippen molar-refractivity contribution in [1.29, 1.82) is 0 Å². The third kappa shape index (κ3) is 4.11. The molecule has 19 heavy (non-hydrogen) atoms. The van der Waals surface area contributed by atoms with Gasteiger partial charge in [0.15, 0.2) is 0 Å². The molecule has 1 N–H and O–H groups in total. The lowest BCUT2D eigenvalue weighted by atomic mass is 10.1. The maximum atomic E-state index is 11.9. The van der Waals surface area contributed by atoms with E-state index < -0.39 is 0 Å². The first-order valence-electron chi connectivity index (χ1n) is 6.17. The van der Waals surface area contributed by atoms with Crippen LogP contribution in [-0.4, -0.2) is 5.91 Å². The molecule has 0 unspecified atom stereocenters. The van der Waals surface area contributed by atoms with Gasteiger partial charge in [0.05, 0.1) is 6.42 Å². The van der Waals surface area contributed by atoms with Gasteiger partial charge in [0.2, 0.25) is 5.91 Å². The third-order valence-corrected chi connectivity index (χ3v) is 3.15. The average molecular weight is 274 g/mol. The fourth-order valence-electron chi connectivity index (χ4n) is 1.89. The zero-order valence-electron chi connectivity index (χ0n) is 10.8. The van der Waals surface area contributed by atoms with E-state index in [1.165, 1.54) is 0 Å². The van der Waals surface area contributed by atoms with E-state index in [0.717, 1.165) is 22.4 Å². The second kappa shape index (κ2) is 6.39. The van der Waals surface area contributed by atoms with E-state index in [-0.39, 0.29) is 5.91 Å². The minimum Gasteiger partial charge on any atom is -0.326 e. The van der Waals surface area contributed by atoms with Crippen LogP contribution in [0.1, 0.15) is 16.7 Å². The number of aryl methyl sites for hydroxylation is 1. The molecular formula is C16H16ClNO. The van der Waals surface area contributed by atoms with Gasteiger partial charge in [0.1, 0.15) is 0 Å². The van der Waals surface area contributed by atoms with Gasteiger partial charge >= 0.3 is 0 Å². The van der Waals surface area contributed by atoms with Gasteiger partial charge in [-0.3, -0.25) is 4.79 Å². The highest BCUT2D eigenvalue weighted by Crippen LogP contribution is 2.12. The molecule has 2 aromatic rings. The van der Waals surface area contributed by atoms with Crippen molar-refractivity contribution in [3.8, 4) is 0 Å². The van der Waals surface area contributed by atoms with Crippen LogP contribution in [0.15, 0.2) is 48.5 Å². The van der Waals surface area contributed by atoms with E-state index >= 15 is 0 Å². The molecule has 2 rings (SSSR count). The Morgan fingerprint density at radius 1 is 1.11 bits per heavy atom. The quantitative estimate of drug-likeness (QED) is 0.841. The lowest BCUT2D eigenvalue weighted by Gasteiger charge is -2.06. The Bertz CT molecular complexity index is 563. The number of nitrogens with one attached hydrogen (secondary N) is 1. The molecule has 3 heteroatoms. The van der Waals surface area contributed by atoms with Crippen LogP contribution in [0.25, 0.3) is 0 Å². The summed E-state index contributed by atoms with van der Waals surface area (Å²) < 4.78 is 0. The summed E-state index contributed by atoms with van der Waals surface area (Å²) in [6, 6.07) is 15.5. The molecule has 1 amide bonds. The van der Waals surface area contributed by atoms with Crippen LogP contribution in [-0.2, 0) is 17.1 Å². The summed E-state index contributed by atoms with van der Waals surface area (Å²) in [7, 11) is 0. The largest absolute Gasteiger partial charge is 0.326 e. The molecule has 0 heterocycles. The van der Waals surface area contributed by atoms with Crippen molar-refractivity contribution in [2.24, 2.45) is 0 Å². The van der Waals surface area contributed by atoms with Gasteiger partial charge < -0.3 is 5.32 Å². The molecule has 0 aliphatic carbocycles. The van der Waals surface area contributed by atoms with Crippen LogP contribution in [0.2, 0.25) is 0 Å². The van der Waals surface area contributed by atoms with Crippen LogP contribution in [0.5, 0.6) is 0 Å². The molecular weight excluding hydrogens is 258 g/mol. The summed E-state index contributed by atoms with van der Waals surface area (Å²) in [5.41, 5.74) is 4.02. The fourth-order valence-corrected chi connectivity index (χ4v) is 2.07. The van der Waals surface area contributed by atoms with E-state index in [1.807, 2.05) is 55.5 Å². The van der Waals surface area contributed by atoms with E-state index in [2.05, 4.69) is 5.32 Å². The average Bonchev–Trinajstić information content (AvgIpc) is 2.39. The maximum absolute atomic E-state index is 11.9. The number of benzene rings is 2. The third-order valence-electron chi connectivity index (χ3n) is 2.84. The first-order chi connectivity index (χ1) is 9.17. The SMILES string of the molecule is Cc1cccc(CC(=O)Nc2ccc(CCl)cc2)c1. The number of anilines is 1. The number of rotatable bonds is 4. The molecule has 2 aromatic carbocycles. The van der Waals surface area contributed by atoms with Gasteiger partial charge in [-0.15, -0.1) is 11.6 Å². The van der Waals surface area contributed by atoms with E-state index in [1.54, 1.807) is 0 Å². The second-order valence-corrected chi connectivity index (χ2v) is 4.81. The molecule has 2 nitrogen and oxygen atoms in total. The van der Waals surface area contributed by atoms with E-state index in [9.17, 15) is 4.79 Å². The first-order valence-corrected chi connectivity index (χ1v) is 6.71. The summed E-state index contributed by atoms with van der Waals surface area (Å²) in [6.45, 7) is 2.02. The molecule has 0 aliphatic heterocycles. The normalized spacial score (nSPS) is 10.2. The number of halogens is 1. The Kier molecular flexibility index (Phi) is 4.58. The van der Waals surface area contributed by atoms with Crippen molar-refractivity contribution in [2.75, 3.05) is 5.32 Å². The Labute approximate surface area is 118 Å². The fraction of sp³-hybridized carbons (Fsp3) is 0.188. The Morgan fingerprint density at radius 2 is 1.84 bits per heavy atom. The van der Waals surface area contributed by atoms with Gasteiger partial charge in [-0.1, -0.05) is 42.0 Å². The number of hydrogen-bond donors (Lipinski definition) is 1. The number of carbonyl (C=O) groups excluding carboxylic acids is 1. The van der Waals surface area contributed by atoms with Crippen molar-refractivity contribution in [2.45, 2.75) is 19.2 Å². The minimum absolute atomic E-state index is 0.00998. The molecule has 0 aliphatic rings. The predicted octanol–water partition coefficient (Wildman–Crippen LogP) is 3.92. The Balaban J connectivity index is 1.97. The summed E-state index contributed by atoms with van der Waals surface area (Å²) in [5, 5.41) is 2.88. The lowest BCUT2D eigenvalue weighted by molar-refractivity contribution is -0.115. The molecule has 0 atom stereocenters. The number of hydrogen-bond acceptors (Lipinski definition) is 1. The molecule has 0 radical (unpaired) electrons. The van der Waals surface area contributed by atoms with Gasteiger partial charge in [0.25, 0.3) is 0 Å². The van der Waals surface area contributed by atoms with Crippen molar-refractivity contribution in [1.82, 2.24) is 0 Å². The molecule has 98 valence electrons. The maximum Gasteiger partial charge on any atom is 0.228 e. The predicted molar refractivity (Wildman–Crippen MR) is 79.5 cm³/mol. The molecule has 0 aromatic heterocycles. The van der Waals surface area contributed by atoms with Crippen LogP contribution < -0.4 is 5.32 Å². The van der Waals surface area contributed by atoms with Crippen LogP contribution in [0.3, 0.4) is 0 Å². The van der Waals surface area contributed by atoms with Crippen molar-refractivity contribution < 1.29 is 4.79 Å². The van der Waals surface area contributed by atoms with Crippen LogP contribution in [0, 0.1) is 6.92 Å².